The number of nitro benzene ring substituents is 1. The predicted octanol–water partition coefficient (Wildman–Crippen LogP) is 4.88. The number of carbonyl (C=O) groups is 1. The predicted molar refractivity (Wildman–Crippen MR) is 91.6 cm³/mol. The van der Waals surface area contributed by atoms with E-state index < -0.39 is 10.9 Å². The van der Waals surface area contributed by atoms with Crippen molar-refractivity contribution in [2.75, 3.05) is 0 Å². The van der Waals surface area contributed by atoms with E-state index in [0.29, 0.717) is 32.5 Å². The molecular formula is C17H9Cl2NO4. The highest BCUT2D eigenvalue weighted by Gasteiger charge is 2.22. The smallest absolute Gasteiger partial charge is 0.343 e. The number of benzene rings is 2. The monoisotopic (exact) mass is 361 g/mol. The highest BCUT2D eigenvalue weighted by Crippen LogP contribution is 2.31. The van der Waals surface area contributed by atoms with Gasteiger partial charge in [-0.15, -0.1) is 0 Å². The third kappa shape index (κ3) is 3.32. The van der Waals surface area contributed by atoms with Crippen LogP contribution >= 0.6 is 23.2 Å². The highest BCUT2D eigenvalue weighted by molar-refractivity contribution is 6.42. The van der Waals surface area contributed by atoms with Crippen LogP contribution in [0.25, 0.3) is 11.8 Å². The summed E-state index contributed by atoms with van der Waals surface area (Å²) in [5.41, 5.74) is 1.60. The second-order valence-corrected chi connectivity index (χ2v) is 5.79. The van der Waals surface area contributed by atoms with Crippen molar-refractivity contribution in [1.29, 1.82) is 0 Å². The molecule has 0 aromatic heterocycles. The van der Waals surface area contributed by atoms with E-state index >= 15 is 0 Å². The van der Waals surface area contributed by atoms with Gasteiger partial charge in [0.1, 0.15) is 5.76 Å². The largest absolute Gasteiger partial charge is 0.422 e. The summed E-state index contributed by atoms with van der Waals surface area (Å²) in [5.74, 6) is -0.138. The van der Waals surface area contributed by atoms with Crippen molar-refractivity contribution in [2.45, 2.75) is 0 Å². The first-order valence-corrected chi connectivity index (χ1v) is 7.55. The standard InChI is InChI=1S/C17H9Cl2NO4/c18-14-6-3-11(8-15(14)19)16-9-12(17(21)24-16)7-10-1-4-13(5-2-10)20(22)23/h1-9H/b12-7-. The van der Waals surface area contributed by atoms with Crippen LogP contribution < -0.4 is 0 Å². The molecule has 0 aliphatic carbocycles. The van der Waals surface area contributed by atoms with Crippen molar-refractivity contribution in [3.63, 3.8) is 0 Å². The van der Waals surface area contributed by atoms with Gasteiger partial charge in [0, 0.05) is 17.7 Å². The van der Waals surface area contributed by atoms with E-state index in [9.17, 15) is 14.9 Å². The van der Waals surface area contributed by atoms with E-state index in [1.165, 1.54) is 12.1 Å². The first kappa shape index (κ1) is 16.2. The molecule has 3 rings (SSSR count). The van der Waals surface area contributed by atoms with Crippen molar-refractivity contribution >= 4 is 46.7 Å². The molecule has 5 nitrogen and oxygen atoms in total. The number of nitrogens with zero attached hydrogens (tertiary/aromatic N) is 1. The number of rotatable bonds is 3. The zero-order valence-corrected chi connectivity index (χ0v) is 13.5. The van der Waals surface area contributed by atoms with Crippen LogP contribution in [0.15, 0.2) is 54.1 Å². The van der Waals surface area contributed by atoms with E-state index in [2.05, 4.69) is 0 Å². The van der Waals surface area contributed by atoms with Crippen molar-refractivity contribution in [3.8, 4) is 0 Å². The minimum Gasteiger partial charge on any atom is -0.422 e. The number of esters is 1. The Kier molecular flexibility index (Phi) is 4.38. The van der Waals surface area contributed by atoms with Crippen LogP contribution in [0.2, 0.25) is 10.0 Å². The Morgan fingerprint density at radius 2 is 1.75 bits per heavy atom. The molecule has 2 aromatic carbocycles. The van der Waals surface area contributed by atoms with Crippen molar-refractivity contribution < 1.29 is 14.5 Å². The number of hydrogen-bond donors (Lipinski definition) is 0. The van der Waals surface area contributed by atoms with Gasteiger partial charge in [0.25, 0.3) is 5.69 Å². The molecule has 0 N–H and O–H groups in total. The molecule has 1 heterocycles. The fourth-order valence-electron chi connectivity index (χ4n) is 2.15. The van der Waals surface area contributed by atoms with Gasteiger partial charge < -0.3 is 4.74 Å². The van der Waals surface area contributed by atoms with Gasteiger partial charge in [-0.2, -0.15) is 0 Å². The Bertz CT molecular complexity index is 901. The normalized spacial score (nSPS) is 15.3. The van der Waals surface area contributed by atoms with Crippen LogP contribution in [0.5, 0.6) is 0 Å². The van der Waals surface area contributed by atoms with Crippen LogP contribution in [-0.4, -0.2) is 10.9 Å². The number of nitro groups is 1. The lowest BCUT2D eigenvalue weighted by molar-refractivity contribution is -0.384. The molecule has 0 unspecified atom stereocenters. The molecule has 0 spiro atoms. The molecule has 0 saturated carbocycles. The number of carbonyl (C=O) groups excluding carboxylic acids is 1. The Balaban J connectivity index is 1.90. The quantitative estimate of drug-likeness (QED) is 0.338. The molecule has 0 amide bonds. The Morgan fingerprint density at radius 1 is 1.04 bits per heavy atom. The van der Waals surface area contributed by atoms with Crippen LogP contribution in [0.4, 0.5) is 5.69 Å². The summed E-state index contributed by atoms with van der Waals surface area (Å²) in [7, 11) is 0. The van der Waals surface area contributed by atoms with Gasteiger partial charge in [-0.25, -0.2) is 4.79 Å². The van der Waals surface area contributed by atoms with Gasteiger partial charge in [-0.1, -0.05) is 23.2 Å². The minimum atomic E-state index is -0.505. The zero-order valence-electron chi connectivity index (χ0n) is 12.0. The fourth-order valence-corrected chi connectivity index (χ4v) is 2.45. The zero-order chi connectivity index (χ0) is 17.3. The summed E-state index contributed by atoms with van der Waals surface area (Å²) in [6.45, 7) is 0. The van der Waals surface area contributed by atoms with Gasteiger partial charge in [-0.3, -0.25) is 10.1 Å². The van der Waals surface area contributed by atoms with Crippen LogP contribution in [0.1, 0.15) is 11.1 Å². The molecule has 7 heteroatoms. The van der Waals surface area contributed by atoms with Crippen molar-refractivity contribution in [1.82, 2.24) is 0 Å². The number of cyclic esters (lactones) is 1. The lowest BCUT2D eigenvalue weighted by atomic mass is 10.1. The summed E-state index contributed by atoms with van der Waals surface area (Å²) in [4.78, 5) is 22.1. The molecular weight excluding hydrogens is 353 g/mol. The third-order valence-electron chi connectivity index (χ3n) is 3.36. The average Bonchev–Trinajstić information content (AvgIpc) is 2.91. The minimum absolute atomic E-state index is 0.0156. The van der Waals surface area contributed by atoms with Gasteiger partial charge in [0.05, 0.1) is 20.5 Å². The number of ether oxygens (including phenoxy) is 1. The van der Waals surface area contributed by atoms with Crippen LogP contribution in [-0.2, 0) is 9.53 Å². The van der Waals surface area contributed by atoms with E-state index in [4.69, 9.17) is 27.9 Å². The number of non-ortho nitro benzene ring substituents is 1. The highest BCUT2D eigenvalue weighted by atomic mass is 35.5. The molecule has 0 bridgehead atoms. The lowest BCUT2D eigenvalue weighted by Crippen LogP contribution is -1.97. The fraction of sp³-hybridized carbons (Fsp3) is 0. The summed E-state index contributed by atoms with van der Waals surface area (Å²) < 4.78 is 5.23. The molecule has 2 aromatic rings. The molecule has 120 valence electrons. The molecule has 0 radical (unpaired) electrons. The van der Waals surface area contributed by atoms with Gasteiger partial charge in [0.15, 0.2) is 0 Å². The van der Waals surface area contributed by atoms with Crippen molar-refractivity contribution in [2.24, 2.45) is 0 Å². The second-order valence-electron chi connectivity index (χ2n) is 4.98. The van der Waals surface area contributed by atoms with Gasteiger partial charge in [-0.05, 0) is 48.0 Å². The second kappa shape index (κ2) is 6.47. The summed E-state index contributed by atoms with van der Waals surface area (Å²) in [6.07, 6.45) is 3.18. The molecule has 0 saturated heterocycles. The first-order chi connectivity index (χ1) is 11.4. The molecule has 1 aliphatic rings. The number of hydrogen-bond acceptors (Lipinski definition) is 4. The van der Waals surface area contributed by atoms with E-state index in [1.807, 2.05) is 0 Å². The van der Waals surface area contributed by atoms with Gasteiger partial charge in [0.2, 0.25) is 0 Å². The van der Waals surface area contributed by atoms with Crippen LogP contribution in [0, 0.1) is 10.1 Å². The van der Waals surface area contributed by atoms with E-state index in [0.717, 1.165) is 0 Å². The van der Waals surface area contributed by atoms with E-state index in [-0.39, 0.29) is 5.69 Å². The summed E-state index contributed by atoms with van der Waals surface area (Å²) in [5, 5.41) is 11.4. The van der Waals surface area contributed by atoms with E-state index in [1.54, 1.807) is 42.5 Å². The Labute approximate surface area is 146 Å². The maximum absolute atomic E-state index is 12.0. The summed E-state index contributed by atoms with van der Waals surface area (Å²) in [6, 6.07) is 10.8. The topological polar surface area (TPSA) is 69.4 Å². The van der Waals surface area contributed by atoms with Crippen molar-refractivity contribution in [3.05, 3.63) is 85.4 Å². The third-order valence-corrected chi connectivity index (χ3v) is 4.09. The molecule has 1 aliphatic heterocycles. The SMILES string of the molecule is O=C1OC(c2ccc(Cl)c(Cl)c2)=C/C1=C/c1ccc([N+](=O)[O-])cc1. The molecule has 0 atom stereocenters. The Morgan fingerprint density at radius 3 is 2.38 bits per heavy atom. The molecule has 0 fully saturated rings. The first-order valence-electron chi connectivity index (χ1n) is 6.79. The summed E-state index contributed by atoms with van der Waals surface area (Å²) >= 11 is 11.8. The lowest BCUT2D eigenvalue weighted by Gasteiger charge is -2.03. The van der Waals surface area contributed by atoms with Crippen LogP contribution in [0.3, 0.4) is 0 Å². The van der Waals surface area contributed by atoms with Gasteiger partial charge >= 0.3 is 5.97 Å². The average molecular weight is 362 g/mol. The Hall–Kier alpha value is -2.63. The maximum Gasteiger partial charge on any atom is 0.343 e. The maximum atomic E-state index is 12.0. The number of halogens is 2. The molecule has 24 heavy (non-hydrogen) atoms.